The number of likely N-dealkylation sites (N-methyl/N-ethyl adjacent to an activating group) is 1. The number of carbonyl (C=O) groups excluding carboxylic acids is 2. The van der Waals surface area contributed by atoms with Gasteiger partial charge in [0.05, 0.1) is 34.2 Å². The van der Waals surface area contributed by atoms with Gasteiger partial charge in [0, 0.05) is 6.42 Å². The molecule has 446 valence electrons. The molecule has 0 aromatic heterocycles. The highest BCUT2D eigenvalue weighted by atomic mass is 31.2. The molecule has 0 aliphatic rings. The summed E-state index contributed by atoms with van der Waals surface area (Å²) >= 11 is 0. The summed E-state index contributed by atoms with van der Waals surface area (Å²) in [4.78, 5) is 35.6. The van der Waals surface area contributed by atoms with Gasteiger partial charge >= 0.3 is 19.8 Å². The Balaban J connectivity index is 4.21. The van der Waals surface area contributed by atoms with Gasteiger partial charge in [-0.15, -0.1) is 0 Å². The van der Waals surface area contributed by atoms with E-state index < -0.39 is 32.5 Å². The van der Waals surface area contributed by atoms with Gasteiger partial charge < -0.3 is 18.9 Å². The van der Waals surface area contributed by atoms with Crippen LogP contribution in [0.15, 0.2) is 194 Å². The van der Waals surface area contributed by atoms with Crippen LogP contribution in [0.2, 0.25) is 0 Å². The third-order valence-corrected chi connectivity index (χ3v) is 12.6. The number of quaternary nitrogens is 1. The van der Waals surface area contributed by atoms with Gasteiger partial charge in [-0.05, 0) is 122 Å². The van der Waals surface area contributed by atoms with E-state index in [1.165, 1.54) is 12.8 Å². The Morgan fingerprint density at radius 3 is 1.06 bits per heavy atom. The smallest absolute Gasteiger partial charge is 0.461 e. The minimum Gasteiger partial charge on any atom is -0.461 e. The molecule has 0 saturated heterocycles. The van der Waals surface area contributed by atoms with Crippen LogP contribution in [0, 0.1) is 0 Å². The molecule has 0 radical (unpaired) electrons. The molecule has 0 saturated carbocycles. The molecule has 0 spiro atoms. The Kier molecular flexibility index (Phi) is 54.7. The molecule has 80 heavy (non-hydrogen) atoms. The predicted molar refractivity (Wildman–Crippen MR) is 343 cm³/mol. The van der Waals surface area contributed by atoms with Crippen molar-refractivity contribution in [2.24, 2.45) is 0 Å². The lowest BCUT2D eigenvalue weighted by molar-refractivity contribution is -0.870. The topological polar surface area (TPSA) is 108 Å². The SMILES string of the molecule is CC/C=C\C/C=C\C/C=C\C/C=C\C/C=C\C/C=C\C/C=C\C/C=C\C/C=C\C/C=C\C/C=C\CCCCCCCCCC(=O)OC(COC(=O)C/C=C\C/C=C\C/C=C\C/C=C\C/C=C\CC)COP(=O)(O)OCC[N+](C)(C)C. The average molecular weight is 1120 g/mol. The number of allylic oxidation sites excluding steroid dienone is 31. The minimum atomic E-state index is -4.42. The lowest BCUT2D eigenvalue weighted by Gasteiger charge is -2.24. The van der Waals surface area contributed by atoms with Gasteiger partial charge in [-0.3, -0.25) is 18.6 Å². The fourth-order valence-electron chi connectivity index (χ4n) is 7.09. The van der Waals surface area contributed by atoms with Crippen LogP contribution < -0.4 is 0 Å². The molecular formula is C70H109NO8P+. The van der Waals surface area contributed by atoms with E-state index in [2.05, 4.69) is 190 Å². The molecule has 0 aliphatic heterocycles. The molecule has 0 bridgehead atoms. The number of hydrogen-bond donors (Lipinski definition) is 1. The van der Waals surface area contributed by atoms with E-state index in [0.29, 0.717) is 23.9 Å². The lowest BCUT2D eigenvalue weighted by Crippen LogP contribution is -2.37. The zero-order valence-corrected chi connectivity index (χ0v) is 51.4. The second kappa shape index (κ2) is 58.5. The number of rotatable bonds is 52. The fourth-order valence-corrected chi connectivity index (χ4v) is 7.83. The summed E-state index contributed by atoms with van der Waals surface area (Å²) in [5, 5.41) is 0. The second-order valence-electron chi connectivity index (χ2n) is 20.3. The molecule has 0 rings (SSSR count). The van der Waals surface area contributed by atoms with Gasteiger partial charge in [0.25, 0.3) is 0 Å². The Hall–Kier alpha value is -5.15. The Bertz CT molecular complexity index is 2050. The lowest BCUT2D eigenvalue weighted by atomic mass is 10.1. The fraction of sp³-hybridized carbons (Fsp3) is 0.514. The van der Waals surface area contributed by atoms with Gasteiger partial charge in [-0.25, -0.2) is 4.57 Å². The molecule has 0 aromatic rings. The van der Waals surface area contributed by atoms with E-state index in [9.17, 15) is 19.0 Å². The third kappa shape index (κ3) is 62.1. The first-order valence-electron chi connectivity index (χ1n) is 30.2. The number of hydrogen-bond acceptors (Lipinski definition) is 7. The number of carbonyl (C=O) groups is 2. The molecule has 0 amide bonds. The molecule has 0 aliphatic carbocycles. The number of unbranched alkanes of at least 4 members (excludes halogenated alkanes) is 7. The van der Waals surface area contributed by atoms with Crippen molar-refractivity contribution in [1.82, 2.24) is 0 Å². The monoisotopic (exact) mass is 1120 g/mol. The molecule has 2 atom stereocenters. The van der Waals surface area contributed by atoms with Crippen LogP contribution in [0.3, 0.4) is 0 Å². The molecule has 2 unspecified atom stereocenters. The molecular weight excluding hydrogens is 1010 g/mol. The van der Waals surface area contributed by atoms with Gasteiger partial charge in [0.1, 0.15) is 19.8 Å². The first-order valence-corrected chi connectivity index (χ1v) is 31.7. The van der Waals surface area contributed by atoms with Crippen LogP contribution in [0.25, 0.3) is 0 Å². The van der Waals surface area contributed by atoms with Gasteiger partial charge in [-0.2, -0.15) is 0 Å². The Labute approximate surface area is 488 Å². The molecule has 0 fully saturated rings. The van der Waals surface area contributed by atoms with Crippen LogP contribution in [0.1, 0.15) is 181 Å². The van der Waals surface area contributed by atoms with Crippen molar-refractivity contribution in [1.29, 1.82) is 0 Å². The third-order valence-electron chi connectivity index (χ3n) is 11.7. The average Bonchev–Trinajstić information content (AvgIpc) is 3.42. The maximum absolute atomic E-state index is 12.8. The highest BCUT2D eigenvalue weighted by Crippen LogP contribution is 2.43. The van der Waals surface area contributed by atoms with Crippen molar-refractivity contribution < 1.29 is 42.1 Å². The standard InChI is InChI=1S/C70H108NO8P/c1-6-8-10-12-14-16-18-20-22-23-24-25-26-27-28-29-30-31-32-33-34-35-36-37-38-39-40-41-42-43-44-45-46-47-49-51-53-55-57-59-61-63-70(73)79-68(67-78-80(74,75)77-65-64-71(3,4)5)66-76-69(72)62-60-58-56-54-52-50-48-21-19-17-15-13-11-9-7-2/h8-11,14-17,20-22,24-25,27-28,30-31,33-34,36-37,39-40,42-43,45-46,48,52,54,58,60,68H,6-7,12-13,18-19,23,26,29,32,35,38,41,44,47,49-51,53,55-57,59,61-67H2,1-5H3/p+1/b10-8-,11-9-,16-14-,17-15-,22-20-,25-24-,28-27-,31-30-,34-33-,37-36-,40-39-,43-42-,46-45-,48-21-,54-52-,60-58-. The van der Waals surface area contributed by atoms with E-state index in [1.54, 1.807) is 6.08 Å². The maximum atomic E-state index is 12.8. The Morgan fingerprint density at radius 1 is 0.400 bits per heavy atom. The highest BCUT2D eigenvalue weighted by molar-refractivity contribution is 7.47. The summed E-state index contributed by atoms with van der Waals surface area (Å²) in [6, 6.07) is 0. The molecule has 0 aromatic carbocycles. The van der Waals surface area contributed by atoms with E-state index in [0.717, 1.165) is 128 Å². The molecule has 0 heterocycles. The van der Waals surface area contributed by atoms with Crippen molar-refractivity contribution in [2.75, 3.05) is 47.5 Å². The first kappa shape index (κ1) is 74.8. The molecule has 10 heteroatoms. The highest BCUT2D eigenvalue weighted by Gasteiger charge is 2.27. The summed E-state index contributed by atoms with van der Waals surface area (Å²) < 4.78 is 34.3. The van der Waals surface area contributed by atoms with E-state index >= 15 is 0 Å². The summed E-state index contributed by atoms with van der Waals surface area (Å²) in [5.41, 5.74) is 0. The van der Waals surface area contributed by atoms with Gasteiger partial charge in [-0.1, -0.05) is 240 Å². The predicted octanol–water partition coefficient (Wildman–Crippen LogP) is 19.4. The first-order chi connectivity index (χ1) is 39.0. The van der Waals surface area contributed by atoms with E-state index in [1.807, 2.05) is 33.3 Å². The quantitative estimate of drug-likeness (QED) is 0.0211. The van der Waals surface area contributed by atoms with Crippen molar-refractivity contribution in [2.45, 2.75) is 187 Å². The summed E-state index contributed by atoms with van der Waals surface area (Å²) in [7, 11) is 1.39. The van der Waals surface area contributed by atoms with Crippen LogP contribution >= 0.6 is 7.82 Å². The number of phosphoric acid groups is 1. The van der Waals surface area contributed by atoms with Crippen molar-refractivity contribution in [3.8, 4) is 0 Å². The van der Waals surface area contributed by atoms with Crippen molar-refractivity contribution >= 4 is 19.8 Å². The number of phosphoric ester groups is 1. The zero-order chi connectivity index (χ0) is 58.4. The van der Waals surface area contributed by atoms with Crippen LogP contribution in [0.4, 0.5) is 0 Å². The van der Waals surface area contributed by atoms with Gasteiger partial charge in [0.2, 0.25) is 0 Å². The van der Waals surface area contributed by atoms with Crippen LogP contribution in [-0.2, 0) is 32.7 Å². The largest absolute Gasteiger partial charge is 0.472 e. The number of ether oxygens (including phenoxy) is 2. The van der Waals surface area contributed by atoms with Gasteiger partial charge in [0.15, 0.2) is 6.10 Å². The Morgan fingerprint density at radius 2 is 0.713 bits per heavy atom. The summed E-state index contributed by atoms with van der Waals surface area (Å²) in [6.45, 7) is 4.03. The van der Waals surface area contributed by atoms with Crippen LogP contribution in [-0.4, -0.2) is 74.9 Å². The molecule has 1 N–H and O–H groups in total. The maximum Gasteiger partial charge on any atom is 0.472 e. The molecule has 9 nitrogen and oxygen atoms in total. The number of esters is 2. The normalized spacial score (nSPS) is 14.6. The number of nitrogens with zero attached hydrogens (tertiary/aromatic N) is 1. The van der Waals surface area contributed by atoms with E-state index in [4.69, 9.17) is 18.5 Å². The minimum absolute atomic E-state index is 0.00472. The van der Waals surface area contributed by atoms with Crippen molar-refractivity contribution in [3.63, 3.8) is 0 Å². The van der Waals surface area contributed by atoms with Crippen LogP contribution in [0.5, 0.6) is 0 Å². The zero-order valence-electron chi connectivity index (χ0n) is 50.5. The van der Waals surface area contributed by atoms with Crippen molar-refractivity contribution in [3.05, 3.63) is 194 Å². The summed E-state index contributed by atoms with van der Waals surface area (Å²) in [5.74, 6) is -0.977. The van der Waals surface area contributed by atoms with E-state index in [-0.39, 0.29) is 26.1 Å². The second-order valence-corrected chi connectivity index (χ2v) is 21.7. The summed E-state index contributed by atoms with van der Waals surface area (Å²) in [6.07, 6.45) is 92.6.